The van der Waals surface area contributed by atoms with Crippen LogP contribution < -0.4 is 10.8 Å². The topological polar surface area (TPSA) is 61.4 Å². The molecule has 178 valence electrons. The molecule has 0 heterocycles. The van der Waals surface area contributed by atoms with Crippen LogP contribution in [0.3, 0.4) is 0 Å². The van der Waals surface area contributed by atoms with Gasteiger partial charge in [0.15, 0.2) is 0 Å². The van der Waals surface area contributed by atoms with Crippen molar-refractivity contribution >= 4 is 5.91 Å². The Labute approximate surface area is 191 Å². The molecule has 31 heavy (non-hydrogen) atoms. The summed E-state index contributed by atoms with van der Waals surface area (Å²) in [4.78, 5) is 12.2. The van der Waals surface area contributed by atoms with Crippen molar-refractivity contribution in [3.05, 3.63) is 11.9 Å². The highest BCUT2D eigenvalue weighted by atomic mass is 16.5. The van der Waals surface area contributed by atoms with E-state index in [2.05, 4.69) is 19.2 Å². The van der Waals surface area contributed by atoms with E-state index in [1.807, 2.05) is 5.48 Å². The van der Waals surface area contributed by atoms with E-state index < -0.39 is 0 Å². The summed E-state index contributed by atoms with van der Waals surface area (Å²) in [6.07, 6.45) is 18.7. The number of carbonyl (C=O) groups is 1. The second-order valence-electron chi connectivity index (χ2n) is 11.6. The summed E-state index contributed by atoms with van der Waals surface area (Å²) < 4.78 is 0. The van der Waals surface area contributed by atoms with Gasteiger partial charge in [0.2, 0.25) is 5.91 Å². The van der Waals surface area contributed by atoms with E-state index in [9.17, 15) is 4.79 Å². The summed E-state index contributed by atoms with van der Waals surface area (Å²) >= 11 is 0. The molecule has 0 aliphatic heterocycles. The zero-order chi connectivity index (χ0) is 21.4. The lowest BCUT2D eigenvalue weighted by Crippen LogP contribution is -2.52. The van der Waals surface area contributed by atoms with Gasteiger partial charge in [0, 0.05) is 18.3 Å². The van der Waals surface area contributed by atoms with Gasteiger partial charge in [0.25, 0.3) is 0 Å². The fourth-order valence-electron chi connectivity index (χ4n) is 8.80. The minimum Gasteiger partial charge on any atom is -0.329 e. The van der Waals surface area contributed by atoms with Crippen molar-refractivity contribution in [2.24, 2.45) is 40.4 Å². The highest BCUT2D eigenvalue weighted by Gasteiger charge is 2.59. The SMILES string of the molecule is C.C/C(=C/NO)NC(=O)CCCC1CCC2C3CCC4CCCCC4(C)C3CCC12C. The molecule has 0 spiro atoms. The number of fused-ring (bicyclic) bond motifs is 5. The highest BCUT2D eigenvalue weighted by Crippen LogP contribution is 2.67. The Balaban J connectivity index is 0.00000272. The summed E-state index contributed by atoms with van der Waals surface area (Å²) in [6.45, 7) is 7.06. The van der Waals surface area contributed by atoms with Crippen molar-refractivity contribution in [1.29, 1.82) is 0 Å². The van der Waals surface area contributed by atoms with E-state index in [-0.39, 0.29) is 13.3 Å². The lowest BCUT2D eigenvalue weighted by molar-refractivity contribution is -0.121. The number of rotatable bonds is 6. The molecule has 1 amide bonds. The van der Waals surface area contributed by atoms with Crippen LogP contribution in [0.25, 0.3) is 0 Å². The van der Waals surface area contributed by atoms with Crippen molar-refractivity contribution in [1.82, 2.24) is 10.8 Å². The van der Waals surface area contributed by atoms with Gasteiger partial charge in [-0.3, -0.25) is 15.5 Å². The zero-order valence-corrected chi connectivity index (χ0v) is 19.5. The van der Waals surface area contributed by atoms with Gasteiger partial charge in [-0.25, -0.2) is 0 Å². The Bertz CT molecular complexity index is 662. The number of hydrogen-bond donors (Lipinski definition) is 3. The molecule has 7 unspecified atom stereocenters. The van der Waals surface area contributed by atoms with Crippen LogP contribution in [0.5, 0.6) is 0 Å². The fourth-order valence-corrected chi connectivity index (χ4v) is 8.80. The Kier molecular flexibility index (Phi) is 7.82. The van der Waals surface area contributed by atoms with Crippen LogP contribution in [-0.4, -0.2) is 11.1 Å². The number of amides is 1. The van der Waals surface area contributed by atoms with Gasteiger partial charge in [-0.15, -0.1) is 0 Å². The van der Waals surface area contributed by atoms with Gasteiger partial charge in [-0.1, -0.05) is 34.1 Å². The molecule has 0 radical (unpaired) electrons. The van der Waals surface area contributed by atoms with E-state index in [1.165, 1.54) is 76.8 Å². The number of hydroxylamine groups is 1. The molecule has 4 aliphatic rings. The summed E-state index contributed by atoms with van der Waals surface area (Å²) in [5.41, 5.74) is 3.77. The van der Waals surface area contributed by atoms with Gasteiger partial charge >= 0.3 is 0 Å². The third kappa shape index (κ3) is 4.56. The van der Waals surface area contributed by atoms with E-state index in [1.54, 1.807) is 6.92 Å². The number of carbonyl (C=O) groups excluding carboxylic acids is 1. The highest BCUT2D eigenvalue weighted by molar-refractivity contribution is 5.77. The Morgan fingerprint density at radius 2 is 1.77 bits per heavy atom. The molecule has 4 aliphatic carbocycles. The van der Waals surface area contributed by atoms with Crippen molar-refractivity contribution in [2.45, 2.75) is 112 Å². The fraction of sp³-hybridized carbons (Fsp3) is 0.889. The maximum Gasteiger partial charge on any atom is 0.224 e. The average molecular weight is 433 g/mol. The summed E-state index contributed by atoms with van der Waals surface area (Å²) in [5, 5.41) is 11.5. The molecule has 0 aromatic rings. The van der Waals surface area contributed by atoms with E-state index in [0.29, 0.717) is 22.9 Å². The van der Waals surface area contributed by atoms with Crippen molar-refractivity contribution < 1.29 is 10.0 Å². The second kappa shape index (κ2) is 9.85. The van der Waals surface area contributed by atoms with Crippen LogP contribution in [-0.2, 0) is 4.79 Å². The summed E-state index contributed by atoms with van der Waals surface area (Å²) in [7, 11) is 0. The van der Waals surface area contributed by atoms with Crippen LogP contribution in [0, 0.1) is 40.4 Å². The normalized spacial score (nSPS) is 41.9. The number of allylic oxidation sites excluding steroid dienone is 1. The minimum atomic E-state index is 0. The predicted octanol–water partition coefficient (Wildman–Crippen LogP) is 6.80. The standard InChI is InChI=1S/C26H44N2O2.CH4/c1-18(17-27-30)28-24(29)9-6-8-20-11-13-22-21-12-10-19-7-4-5-15-25(19,2)23(21)14-16-26(20,22)3;/h17,19-23,27,30H,4-16H2,1-3H3,(H,28,29);1H4/b18-17-;. The van der Waals surface area contributed by atoms with Gasteiger partial charge in [0.05, 0.1) is 0 Å². The molecule has 0 aromatic carbocycles. The molecule has 3 N–H and O–H groups in total. The first-order valence-electron chi connectivity index (χ1n) is 12.7. The Morgan fingerprint density at radius 3 is 2.55 bits per heavy atom. The van der Waals surface area contributed by atoms with Gasteiger partial charge in [-0.2, -0.15) is 0 Å². The first-order valence-corrected chi connectivity index (χ1v) is 12.7. The molecule has 0 saturated heterocycles. The van der Waals surface area contributed by atoms with E-state index >= 15 is 0 Å². The molecule has 4 nitrogen and oxygen atoms in total. The zero-order valence-electron chi connectivity index (χ0n) is 19.5. The predicted molar refractivity (Wildman–Crippen MR) is 127 cm³/mol. The maximum atomic E-state index is 12.2. The van der Waals surface area contributed by atoms with Crippen LogP contribution in [0.1, 0.15) is 112 Å². The molecule has 0 aromatic heterocycles. The van der Waals surface area contributed by atoms with Crippen molar-refractivity contribution in [3.63, 3.8) is 0 Å². The van der Waals surface area contributed by atoms with Crippen LogP contribution in [0.15, 0.2) is 11.9 Å². The number of nitrogens with one attached hydrogen (secondary N) is 2. The molecule has 4 saturated carbocycles. The largest absolute Gasteiger partial charge is 0.329 e. The molecule has 0 bridgehead atoms. The third-order valence-corrected chi connectivity index (χ3v) is 10.4. The van der Waals surface area contributed by atoms with Crippen LogP contribution >= 0.6 is 0 Å². The minimum absolute atomic E-state index is 0. The average Bonchev–Trinajstić information content (AvgIpc) is 3.04. The lowest BCUT2D eigenvalue weighted by atomic mass is 9.45. The molecular weight excluding hydrogens is 384 g/mol. The van der Waals surface area contributed by atoms with E-state index in [4.69, 9.17) is 5.21 Å². The Morgan fingerprint density at radius 1 is 1.00 bits per heavy atom. The first-order chi connectivity index (χ1) is 14.4. The third-order valence-electron chi connectivity index (χ3n) is 10.4. The molecule has 7 atom stereocenters. The first kappa shape index (κ1) is 24.6. The van der Waals surface area contributed by atoms with Crippen LogP contribution in [0.2, 0.25) is 0 Å². The quantitative estimate of drug-likeness (QED) is 0.405. The van der Waals surface area contributed by atoms with E-state index in [0.717, 1.165) is 36.0 Å². The monoisotopic (exact) mass is 432 g/mol. The summed E-state index contributed by atoms with van der Waals surface area (Å²) in [6, 6.07) is 0. The lowest BCUT2D eigenvalue weighted by Gasteiger charge is -2.60. The molecule has 4 heteroatoms. The molecule has 4 fully saturated rings. The van der Waals surface area contributed by atoms with Gasteiger partial charge in [-0.05, 0) is 112 Å². The van der Waals surface area contributed by atoms with Crippen LogP contribution in [0.4, 0.5) is 0 Å². The Hall–Kier alpha value is -1.03. The van der Waals surface area contributed by atoms with Crippen molar-refractivity contribution in [2.75, 3.05) is 0 Å². The van der Waals surface area contributed by atoms with Crippen molar-refractivity contribution in [3.8, 4) is 0 Å². The van der Waals surface area contributed by atoms with Gasteiger partial charge < -0.3 is 5.32 Å². The number of hydrogen-bond acceptors (Lipinski definition) is 3. The van der Waals surface area contributed by atoms with Gasteiger partial charge in [0.1, 0.15) is 0 Å². The molecule has 4 rings (SSSR count). The second-order valence-corrected chi connectivity index (χ2v) is 11.6. The smallest absolute Gasteiger partial charge is 0.224 e. The molecular formula is C27H48N2O2. The maximum absolute atomic E-state index is 12.2. The summed E-state index contributed by atoms with van der Waals surface area (Å²) in [5.74, 6) is 4.74.